The highest BCUT2D eigenvalue weighted by Gasteiger charge is 2.24. The minimum Gasteiger partial charge on any atom is -0.320 e. The second kappa shape index (κ2) is 6.17. The van der Waals surface area contributed by atoms with Crippen molar-refractivity contribution >= 4 is 11.0 Å². The topological polar surface area (TPSA) is 29.9 Å². The molecule has 0 bridgehead atoms. The fourth-order valence-electron chi connectivity index (χ4n) is 3.72. The summed E-state index contributed by atoms with van der Waals surface area (Å²) in [6, 6.07) is 19.6. The van der Waals surface area contributed by atoms with Crippen LogP contribution in [0.1, 0.15) is 43.1 Å². The standard InChI is InChI=1S/C20H23N3/c1-15(16-7-3-2-4-8-16)23-19-10-6-5-9-18(19)22-20(23)17-11-13-21-14-12-17/h2-10,15,17,21H,11-14H2,1H3. The summed E-state index contributed by atoms with van der Waals surface area (Å²) in [5.41, 5.74) is 3.70. The quantitative estimate of drug-likeness (QED) is 0.789. The zero-order valence-electron chi connectivity index (χ0n) is 13.6. The Labute approximate surface area is 137 Å². The Morgan fingerprint density at radius 1 is 1.00 bits per heavy atom. The second-order valence-corrected chi connectivity index (χ2v) is 6.44. The van der Waals surface area contributed by atoms with Crippen molar-refractivity contribution in [1.82, 2.24) is 14.9 Å². The maximum absolute atomic E-state index is 5.02. The monoisotopic (exact) mass is 305 g/mol. The predicted molar refractivity (Wildman–Crippen MR) is 94.8 cm³/mol. The van der Waals surface area contributed by atoms with Gasteiger partial charge in [0.25, 0.3) is 0 Å². The van der Waals surface area contributed by atoms with Crippen molar-refractivity contribution < 1.29 is 0 Å². The van der Waals surface area contributed by atoms with Crippen LogP contribution >= 0.6 is 0 Å². The van der Waals surface area contributed by atoms with E-state index in [4.69, 9.17) is 4.98 Å². The van der Waals surface area contributed by atoms with E-state index in [1.165, 1.54) is 29.7 Å². The zero-order valence-corrected chi connectivity index (χ0v) is 13.6. The third kappa shape index (κ3) is 2.66. The van der Waals surface area contributed by atoms with E-state index in [1.807, 2.05) is 0 Å². The number of benzene rings is 2. The van der Waals surface area contributed by atoms with Crippen LogP contribution in [-0.2, 0) is 0 Å². The van der Waals surface area contributed by atoms with Gasteiger partial charge in [-0.3, -0.25) is 0 Å². The van der Waals surface area contributed by atoms with Gasteiger partial charge >= 0.3 is 0 Å². The lowest BCUT2D eigenvalue weighted by atomic mass is 9.96. The first-order valence-electron chi connectivity index (χ1n) is 8.57. The van der Waals surface area contributed by atoms with Gasteiger partial charge in [0.05, 0.1) is 17.1 Å². The molecule has 118 valence electrons. The van der Waals surface area contributed by atoms with Gasteiger partial charge in [0.2, 0.25) is 0 Å². The van der Waals surface area contributed by atoms with Crippen molar-refractivity contribution in [2.75, 3.05) is 13.1 Å². The molecule has 23 heavy (non-hydrogen) atoms. The Hall–Kier alpha value is -2.13. The normalized spacial score (nSPS) is 17.4. The number of aromatic nitrogens is 2. The van der Waals surface area contributed by atoms with E-state index in [9.17, 15) is 0 Å². The molecule has 1 unspecified atom stereocenters. The van der Waals surface area contributed by atoms with Crippen LogP contribution in [0.4, 0.5) is 0 Å². The number of nitrogens with one attached hydrogen (secondary N) is 1. The maximum Gasteiger partial charge on any atom is 0.113 e. The van der Waals surface area contributed by atoms with Crippen molar-refractivity contribution in [2.45, 2.75) is 31.7 Å². The number of hydrogen-bond donors (Lipinski definition) is 1. The molecule has 3 nitrogen and oxygen atoms in total. The summed E-state index contributed by atoms with van der Waals surface area (Å²) in [4.78, 5) is 5.02. The Bertz CT molecular complexity index is 785. The molecule has 1 atom stereocenters. The third-order valence-electron chi connectivity index (χ3n) is 5.00. The third-order valence-corrected chi connectivity index (χ3v) is 5.00. The molecule has 0 saturated carbocycles. The zero-order chi connectivity index (χ0) is 15.6. The summed E-state index contributed by atoms with van der Waals surface area (Å²) < 4.78 is 2.46. The van der Waals surface area contributed by atoms with E-state index in [-0.39, 0.29) is 0 Å². The highest BCUT2D eigenvalue weighted by Crippen LogP contribution is 2.32. The molecule has 1 N–H and O–H groups in total. The number of nitrogens with zero attached hydrogens (tertiary/aromatic N) is 2. The first-order chi connectivity index (χ1) is 11.3. The number of fused-ring (bicyclic) bond motifs is 1. The van der Waals surface area contributed by atoms with Gasteiger partial charge in [-0.1, -0.05) is 42.5 Å². The number of rotatable bonds is 3. The van der Waals surface area contributed by atoms with Gasteiger partial charge in [0.1, 0.15) is 5.82 Å². The van der Waals surface area contributed by atoms with Crippen LogP contribution < -0.4 is 5.32 Å². The van der Waals surface area contributed by atoms with Crippen LogP contribution in [0.15, 0.2) is 54.6 Å². The van der Waals surface area contributed by atoms with E-state index in [1.54, 1.807) is 0 Å². The van der Waals surface area contributed by atoms with Gasteiger partial charge in [-0.05, 0) is 50.6 Å². The molecule has 4 rings (SSSR count). The van der Waals surface area contributed by atoms with E-state index >= 15 is 0 Å². The molecule has 3 heteroatoms. The molecule has 1 aromatic heterocycles. The second-order valence-electron chi connectivity index (χ2n) is 6.44. The lowest BCUT2D eigenvalue weighted by molar-refractivity contribution is 0.427. The minimum absolute atomic E-state index is 0.300. The van der Waals surface area contributed by atoms with Crippen LogP contribution in [0.25, 0.3) is 11.0 Å². The van der Waals surface area contributed by atoms with Gasteiger partial charge in [-0.2, -0.15) is 0 Å². The Balaban J connectivity index is 1.85. The summed E-state index contributed by atoms with van der Waals surface area (Å²) in [5.74, 6) is 1.80. The molecule has 2 aromatic carbocycles. The molecule has 0 amide bonds. The highest BCUT2D eigenvalue weighted by molar-refractivity contribution is 5.76. The molecule has 1 aliphatic heterocycles. The molecule has 1 fully saturated rings. The largest absolute Gasteiger partial charge is 0.320 e. The lowest BCUT2D eigenvalue weighted by Gasteiger charge is -2.26. The molecule has 0 aliphatic carbocycles. The fraction of sp³-hybridized carbons (Fsp3) is 0.350. The number of hydrogen-bond acceptors (Lipinski definition) is 2. The predicted octanol–water partition coefficient (Wildman–Crippen LogP) is 4.11. The molecule has 0 spiro atoms. The summed E-state index contributed by atoms with van der Waals surface area (Å²) in [6.07, 6.45) is 2.34. The Kier molecular flexibility index (Phi) is 3.88. The summed E-state index contributed by atoms with van der Waals surface area (Å²) in [6.45, 7) is 4.47. The molecular formula is C20H23N3. The van der Waals surface area contributed by atoms with Crippen molar-refractivity contribution in [3.8, 4) is 0 Å². The number of para-hydroxylation sites is 2. The average Bonchev–Trinajstić information content (AvgIpc) is 3.02. The minimum atomic E-state index is 0.300. The summed E-state index contributed by atoms with van der Waals surface area (Å²) >= 11 is 0. The van der Waals surface area contributed by atoms with E-state index < -0.39 is 0 Å². The first-order valence-corrected chi connectivity index (χ1v) is 8.57. The smallest absolute Gasteiger partial charge is 0.113 e. The molecule has 1 saturated heterocycles. The molecule has 3 aromatic rings. The number of piperidine rings is 1. The van der Waals surface area contributed by atoms with E-state index in [0.717, 1.165) is 18.6 Å². The van der Waals surface area contributed by atoms with Crippen LogP contribution in [-0.4, -0.2) is 22.6 Å². The van der Waals surface area contributed by atoms with Crippen molar-refractivity contribution in [2.24, 2.45) is 0 Å². The van der Waals surface area contributed by atoms with Gasteiger partial charge in [0, 0.05) is 5.92 Å². The highest BCUT2D eigenvalue weighted by atomic mass is 15.1. The van der Waals surface area contributed by atoms with Crippen molar-refractivity contribution in [1.29, 1.82) is 0 Å². The summed E-state index contributed by atoms with van der Waals surface area (Å²) in [5, 5.41) is 3.46. The Morgan fingerprint density at radius 3 is 2.48 bits per heavy atom. The van der Waals surface area contributed by atoms with Gasteiger partial charge < -0.3 is 9.88 Å². The lowest BCUT2D eigenvalue weighted by Crippen LogP contribution is -2.28. The van der Waals surface area contributed by atoms with Gasteiger partial charge in [0.15, 0.2) is 0 Å². The van der Waals surface area contributed by atoms with Crippen LogP contribution in [0.5, 0.6) is 0 Å². The fourth-order valence-corrected chi connectivity index (χ4v) is 3.72. The Morgan fingerprint density at radius 2 is 1.70 bits per heavy atom. The molecule has 0 radical (unpaired) electrons. The van der Waals surface area contributed by atoms with Crippen molar-refractivity contribution in [3.05, 3.63) is 66.0 Å². The first kappa shape index (κ1) is 14.5. The van der Waals surface area contributed by atoms with E-state index in [2.05, 4.69) is 71.4 Å². The van der Waals surface area contributed by atoms with Crippen LogP contribution in [0.3, 0.4) is 0 Å². The SMILES string of the molecule is CC(c1ccccc1)n1c(C2CCNCC2)nc2ccccc21. The maximum atomic E-state index is 5.02. The van der Waals surface area contributed by atoms with Gasteiger partial charge in [-0.15, -0.1) is 0 Å². The van der Waals surface area contributed by atoms with E-state index in [0.29, 0.717) is 12.0 Å². The van der Waals surface area contributed by atoms with Crippen LogP contribution in [0, 0.1) is 0 Å². The summed E-state index contributed by atoms with van der Waals surface area (Å²) in [7, 11) is 0. The molecule has 2 heterocycles. The van der Waals surface area contributed by atoms with Gasteiger partial charge in [-0.25, -0.2) is 4.98 Å². The van der Waals surface area contributed by atoms with Crippen molar-refractivity contribution in [3.63, 3.8) is 0 Å². The molecule has 1 aliphatic rings. The number of imidazole rings is 1. The molecular weight excluding hydrogens is 282 g/mol. The average molecular weight is 305 g/mol. The van der Waals surface area contributed by atoms with Crippen LogP contribution in [0.2, 0.25) is 0 Å².